The Balaban J connectivity index is 2.97. The molecule has 3 heteroatoms. The molecule has 74 valence electrons. The molecule has 0 aliphatic heterocycles. The van der Waals surface area contributed by atoms with Crippen molar-refractivity contribution in [3.05, 3.63) is 34.3 Å². The van der Waals surface area contributed by atoms with Crippen molar-refractivity contribution in [3.8, 4) is 5.75 Å². The van der Waals surface area contributed by atoms with Gasteiger partial charge in [-0.15, -0.1) is 0 Å². The first-order chi connectivity index (χ1) is 6.61. The zero-order valence-corrected chi connectivity index (χ0v) is 9.67. The molecule has 0 unspecified atom stereocenters. The van der Waals surface area contributed by atoms with E-state index < -0.39 is 0 Å². The Bertz CT molecular complexity index is 370. The Kier molecular flexibility index (Phi) is 3.89. The Morgan fingerprint density at radius 3 is 2.71 bits per heavy atom. The number of benzene rings is 1. The lowest BCUT2D eigenvalue weighted by atomic mass is 10.2. The van der Waals surface area contributed by atoms with Crippen molar-refractivity contribution < 1.29 is 9.53 Å². The van der Waals surface area contributed by atoms with Crippen LogP contribution < -0.4 is 4.74 Å². The average molecular weight is 255 g/mol. The number of ether oxygens (including phenoxy) is 1. The summed E-state index contributed by atoms with van der Waals surface area (Å²) in [6.45, 7) is 1.52. The number of ketones is 1. The average Bonchev–Trinajstić information content (AvgIpc) is 2.14. The molecule has 1 aromatic carbocycles. The molecule has 0 amide bonds. The lowest BCUT2D eigenvalue weighted by Gasteiger charge is -2.01. The highest BCUT2D eigenvalue weighted by Crippen LogP contribution is 2.21. The van der Waals surface area contributed by atoms with E-state index in [0.29, 0.717) is 0 Å². The van der Waals surface area contributed by atoms with E-state index in [9.17, 15) is 4.79 Å². The van der Waals surface area contributed by atoms with Crippen LogP contribution in [0, 0.1) is 0 Å². The van der Waals surface area contributed by atoms with Crippen LogP contribution in [-0.2, 0) is 4.79 Å². The summed E-state index contributed by atoms with van der Waals surface area (Å²) >= 11 is 3.36. The topological polar surface area (TPSA) is 26.3 Å². The molecule has 0 aliphatic carbocycles. The van der Waals surface area contributed by atoms with Gasteiger partial charge in [0.2, 0.25) is 0 Å². The second-order valence-electron chi connectivity index (χ2n) is 2.87. The predicted octanol–water partition coefficient (Wildman–Crippen LogP) is 3.06. The molecule has 0 aromatic heterocycles. The molecule has 0 aliphatic rings. The molecular formula is C11H11BrO2. The Hall–Kier alpha value is -1.09. The Morgan fingerprint density at radius 1 is 1.43 bits per heavy atom. The fraction of sp³-hybridized carbons (Fsp3) is 0.182. The summed E-state index contributed by atoms with van der Waals surface area (Å²) in [4.78, 5) is 10.7. The van der Waals surface area contributed by atoms with Crippen LogP contribution in [0.4, 0.5) is 0 Å². The molecule has 0 radical (unpaired) electrons. The first-order valence-corrected chi connectivity index (χ1v) is 4.94. The van der Waals surface area contributed by atoms with Gasteiger partial charge < -0.3 is 4.74 Å². The highest BCUT2D eigenvalue weighted by molar-refractivity contribution is 9.10. The van der Waals surface area contributed by atoms with Gasteiger partial charge in [0, 0.05) is 4.47 Å². The maximum Gasteiger partial charge on any atom is 0.152 e. The number of methoxy groups -OCH3 is 1. The smallest absolute Gasteiger partial charge is 0.152 e. The minimum absolute atomic E-state index is 0.0314. The zero-order chi connectivity index (χ0) is 10.6. The van der Waals surface area contributed by atoms with Gasteiger partial charge in [0.15, 0.2) is 5.78 Å². The van der Waals surface area contributed by atoms with E-state index in [1.807, 2.05) is 18.2 Å². The Morgan fingerprint density at radius 2 is 2.14 bits per heavy atom. The number of hydrogen-bond donors (Lipinski definition) is 0. The van der Waals surface area contributed by atoms with Gasteiger partial charge in [0.05, 0.1) is 7.11 Å². The van der Waals surface area contributed by atoms with Crippen LogP contribution in [0.25, 0.3) is 6.08 Å². The number of carbonyl (C=O) groups is 1. The second kappa shape index (κ2) is 4.96. The minimum Gasteiger partial charge on any atom is -0.497 e. The zero-order valence-electron chi connectivity index (χ0n) is 8.08. The van der Waals surface area contributed by atoms with E-state index in [0.717, 1.165) is 15.8 Å². The van der Waals surface area contributed by atoms with Crippen molar-refractivity contribution in [2.24, 2.45) is 0 Å². The van der Waals surface area contributed by atoms with Gasteiger partial charge in [-0.2, -0.15) is 0 Å². The molecule has 0 fully saturated rings. The van der Waals surface area contributed by atoms with Crippen molar-refractivity contribution >= 4 is 27.8 Å². The van der Waals surface area contributed by atoms with Gasteiger partial charge in [-0.3, -0.25) is 4.79 Å². The van der Waals surface area contributed by atoms with E-state index in [1.165, 1.54) is 13.0 Å². The third kappa shape index (κ3) is 3.34. The fourth-order valence-electron chi connectivity index (χ4n) is 1.01. The summed E-state index contributed by atoms with van der Waals surface area (Å²) in [5.41, 5.74) is 0.937. The molecule has 0 heterocycles. The first-order valence-electron chi connectivity index (χ1n) is 4.15. The maximum absolute atomic E-state index is 10.7. The van der Waals surface area contributed by atoms with Crippen LogP contribution in [0.5, 0.6) is 5.75 Å². The third-order valence-electron chi connectivity index (χ3n) is 1.64. The quantitative estimate of drug-likeness (QED) is 0.776. The van der Waals surface area contributed by atoms with Crippen LogP contribution in [0.1, 0.15) is 12.5 Å². The number of rotatable bonds is 3. The van der Waals surface area contributed by atoms with E-state index in [2.05, 4.69) is 15.9 Å². The standard InChI is InChI=1S/C11H11BrO2/c1-8(13)3-4-9-5-10(12)7-11(6-9)14-2/h3-7H,1-2H3/b4-3+. The predicted molar refractivity (Wildman–Crippen MR) is 60.4 cm³/mol. The summed E-state index contributed by atoms with van der Waals surface area (Å²) < 4.78 is 6.02. The molecular weight excluding hydrogens is 244 g/mol. The van der Waals surface area contributed by atoms with Crippen molar-refractivity contribution in [1.82, 2.24) is 0 Å². The Labute approximate surface area is 91.7 Å². The van der Waals surface area contributed by atoms with Crippen LogP contribution >= 0.6 is 15.9 Å². The van der Waals surface area contributed by atoms with Gasteiger partial charge in [0.1, 0.15) is 5.75 Å². The highest BCUT2D eigenvalue weighted by atomic mass is 79.9. The van der Waals surface area contributed by atoms with Gasteiger partial charge >= 0.3 is 0 Å². The number of carbonyl (C=O) groups excluding carboxylic acids is 1. The molecule has 1 aromatic rings. The number of halogens is 1. The second-order valence-corrected chi connectivity index (χ2v) is 3.78. The molecule has 0 saturated heterocycles. The molecule has 0 spiro atoms. The lowest BCUT2D eigenvalue weighted by molar-refractivity contribution is -0.112. The van der Waals surface area contributed by atoms with E-state index in [1.54, 1.807) is 13.2 Å². The molecule has 14 heavy (non-hydrogen) atoms. The van der Waals surface area contributed by atoms with E-state index in [-0.39, 0.29) is 5.78 Å². The molecule has 0 N–H and O–H groups in total. The van der Waals surface area contributed by atoms with Crippen LogP contribution in [0.15, 0.2) is 28.7 Å². The molecule has 0 saturated carbocycles. The van der Waals surface area contributed by atoms with Crippen molar-refractivity contribution in [2.45, 2.75) is 6.92 Å². The molecule has 0 bridgehead atoms. The van der Waals surface area contributed by atoms with Crippen LogP contribution in [-0.4, -0.2) is 12.9 Å². The van der Waals surface area contributed by atoms with Crippen molar-refractivity contribution in [1.29, 1.82) is 0 Å². The summed E-state index contributed by atoms with van der Waals surface area (Å²) in [5.74, 6) is 0.798. The molecule has 1 rings (SSSR count). The summed E-state index contributed by atoms with van der Waals surface area (Å²) in [6, 6.07) is 5.65. The molecule has 2 nitrogen and oxygen atoms in total. The largest absolute Gasteiger partial charge is 0.497 e. The summed E-state index contributed by atoms with van der Waals surface area (Å²) in [5, 5.41) is 0. The number of allylic oxidation sites excluding steroid dienone is 1. The SMILES string of the molecule is COc1cc(Br)cc(/C=C/C(C)=O)c1. The van der Waals surface area contributed by atoms with Crippen LogP contribution in [0.2, 0.25) is 0 Å². The first kappa shape index (κ1) is 11.0. The van der Waals surface area contributed by atoms with Crippen molar-refractivity contribution in [3.63, 3.8) is 0 Å². The maximum atomic E-state index is 10.7. The lowest BCUT2D eigenvalue weighted by Crippen LogP contribution is -1.85. The van der Waals surface area contributed by atoms with Crippen LogP contribution in [0.3, 0.4) is 0 Å². The van der Waals surface area contributed by atoms with Gasteiger partial charge in [-0.05, 0) is 36.8 Å². The number of hydrogen-bond acceptors (Lipinski definition) is 2. The van der Waals surface area contributed by atoms with E-state index in [4.69, 9.17) is 4.74 Å². The van der Waals surface area contributed by atoms with Gasteiger partial charge in [-0.1, -0.05) is 22.0 Å². The molecule has 0 atom stereocenters. The monoisotopic (exact) mass is 254 g/mol. The summed E-state index contributed by atoms with van der Waals surface area (Å²) in [6.07, 6.45) is 3.29. The summed E-state index contributed by atoms with van der Waals surface area (Å²) in [7, 11) is 1.61. The highest BCUT2D eigenvalue weighted by Gasteiger charge is 1.96. The van der Waals surface area contributed by atoms with Crippen molar-refractivity contribution in [2.75, 3.05) is 7.11 Å². The van der Waals surface area contributed by atoms with Gasteiger partial charge in [-0.25, -0.2) is 0 Å². The normalized spacial score (nSPS) is 10.5. The fourth-order valence-corrected chi connectivity index (χ4v) is 1.50. The minimum atomic E-state index is 0.0314. The van der Waals surface area contributed by atoms with E-state index >= 15 is 0 Å². The third-order valence-corrected chi connectivity index (χ3v) is 2.10. The van der Waals surface area contributed by atoms with Gasteiger partial charge in [0.25, 0.3) is 0 Å².